The van der Waals surface area contributed by atoms with Gasteiger partial charge in [0.05, 0.1) is 6.61 Å². The van der Waals surface area contributed by atoms with E-state index < -0.39 is 15.7 Å². The number of halogens is 2. The molecule has 1 rings (SSSR count). The lowest BCUT2D eigenvalue weighted by atomic mass is 9.86. The number of rotatable bonds is 0. The monoisotopic (exact) mass is 264 g/mol. The summed E-state index contributed by atoms with van der Waals surface area (Å²) in [4.78, 5) is 11.8. The Hall–Kier alpha value is -0.210. The summed E-state index contributed by atoms with van der Waals surface area (Å²) in [6.07, 6.45) is 5.73. The molecule has 0 amide bonds. The third kappa shape index (κ3) is 2.92. The Morgan fingerprint density at radius 1 is 1.44 bits per heavy atom. The first-order valence-electron chi connectivity index (χ1n) is 5.50. The summed E-state index contributed by atoms with van der Waals surface area (Å²) in [5.74, 6) is -0.0578. The fraction of sp³-hybridized carbons (Fsp3) is 0.750. The lowest BCUT2D eigenvalue weighted by molar-refractivity contribution is -0.146. The maximum atomic E-state index is 11.8. The van der Waals surface area contributed by atoms with Crippen LogP contribution in [0.15, 0.2) is 12.2 Å². The van der Waals surface area contributed by atoms with E-state index >= 15 is 0 Å². The number of carbonyl (C=O) groups is 1. The third-order valence-corrected chi connectivity index (χ3v) is 4.27. The second-order valence-electron chi connectivity index (χ2n) is 4.96. The van der Waals surface area contributed by atoms with Crippen LogP contribution in [-0.4, -0.2) is 16.9 Å². The van der Waals surface area contributed by atoms with Crippen LogP contribution in [-0.2, 0) is 9.53 Å². The Labute approximate surface area is 107 Å². The van der Waals surface area contributed by atoms with Gasteiger partial charge in [0, 0.05) is 5.41 Å². The summed E-state index contributed by atoms with van der Waals surface area (Å²) < 4.78 is 3.58. The van der Waals surface area contributed by atoms with E-state index in [1.165, 1.54) is 0 Å². The number of allylic oxidation sites excluding steroid dienone is 2. The van der Waals surface area contributed by atoms with Crippen molar-refractivity contribution in [1.82, 2.24) is 0 Å². The Morgan fingerprint density at radius 3 is 2.69 bits per heavy atom. The zero-order valence-electron chi connectivity index (χ0n) is 9.93. The van der Waals surface area contributed by atoms with Crippen molar-refractivity contribution in [2.24, 2.45) is 11.3 Å². The van der Waals surface area contributed by atoms with Crippen molar-refractivity contribution in [2.45, 2.75) is 37.9 Å². The number of cyclic esters (lactones) is 1. The van der Waals surface area contributed by atoms with E-state index in [1.807, 2.05) is 26.0 Å². The molecule has 0 bridgehead atoms. The summed E-state index contributed by atoms with van der Waals surface area (Å²) in [5, 5.41) is 0. The number of hydrogen-bond donors (Lipinski definition) is 0. The minimum atomic E-state index is -1.52. The van der Waals surface area contributed by atoms with Crippen molar-refractivity contribution < 1.29 is 9.53 Å². The topological polar surface area (TPSA) is 26.3 Å². The molecular formula is C12H18Cl2O2. The minimum Gasteiger partial charge on any atom is -0.463 e. The number of hydrogen-bond acceptors (Lipinski definition) is 2. The predicted octanol–water partition coefficient (Wildman–Crippen LogP) is 3.72. The van der Waals surface area contributed by atoms with Crippen molar-refractivity contribution in [3.63, 3.8) is 0 Å². The first kappa shape index (κ1) is 13.9. The van der Waals surface area contributed by atoms with Crippen LogP contribution < -0.4 is 0 Å². The van der Waals surface area contributed by atoms with Gasteiger partial charge in [-0.25, -0.2) is 4.79 Å². The molecule has 4 heteroatoms. The molecule has 0 fully saturated rings. The molecule has 92 valence electrons. The summed E-state index contributed by atoms with van der Waals surface area (Å²) in [7, 11) is 0. The van der Waals surface area contributed by atoms with Gasteiger partial charge in [-0.3, -0.25) is 0 Å². The number of ether oxygens (including phenoxy) is 1. The quantitative estimate of drug-likeness (QED) is 0.379. The normalized spacial score (nSPS) is 31.6. The van der Waals surface area contributed by atoms with Gasteiger partial charge < -0.3 is 4.74 Å². The highest BCUT2D eigenvalue weighted by Gasteiger charge is 2.48. The van der Waals surface area contributed by atoms with Gasteiger partial charge in [0.2, 0.25) is 4.33 Å². The molecule has 1 aliphatic heterocycles. The van der Waals surface area contributed by atoms with E-state index in [0.717, 1.165) is 12.8 Å². The van der Waals surface area contributed by atoms with E-state index in [0.29, 0.717) is 12.5 Å². The van der Waals surface area contributed by atoms with Gasteiger partial charge in [-0.15, -0.1) is 0 Å². The van der Waals surface area contributed by atoms with Crippen molar-refractivity contribution in [3.8, 4) is 0 Å². The van der Waals surface area contributed by atoms with E-state index in [-0.39, 0.29) is 0 Å². The van der Waals surface area contributed by atoms with E-state index in [9.17, 15) is 4.79 Å². The van der Waals surface area contributed by atoms with Crippen LogP contribution in [0.25, 0.3) is 0 Å². The highest BCUT2D eigenvalue weighted by molar-refractivity contribution is 6.58. The smallest absolute Gasteiger partial charge is 0.343 e. The van der Waals surface area contributed by atoms with Crippen LogP contribution in [0.2, 0.25) is 0 Å². The highest BCUT2D eigenvalue weighted by Crippen LogP contribution is 2.43. The predicted molar refractivity (Wildman–Crippen MR) is 66.7 cm³/mol. The largest absolute Gasteiger partial charge is 0.463 e. The summed E-state index contributed by atoms with van der Waals surface area (Å²) in [5.41, 5.74) is -0.635. The maximum absolute atomic E-state index is 11.8. The molecule has 1 aliphatic rings. The molecule has 1 atom stereocenters. The van der Waals surface area contributed by atoms with Gasteiger partial charge in [-0.05, 0) is 18.8 Å². The zero-order chi connectivity index (χ0) is 12.4. The molecule has 2 nitrogen and oxygen atoms in total. The lowest BCUT2D eigenvalue weighted by Gasteiger charge is -2.33. The molecule has 0 saturated heterocycles. The van der Waals surface area contributed by atoms with Gasteiger partial charge in [0.25, 0.3) is 0 Å². The molecule has 16 heavy (non-hydrogen) atoms. The average Bonchev–Trinajstić information content (AvgIpc) is 2.15. The maximum Gasteiger partial charge on any atom is 0.343 e. The third-order valence-electron chi connectivity index (χ3n) is 2.98. The van der Waals surface area contributed by atoms with E-state index in [2.05, 4.69) is 6.92 Å². The summed E-state index contributed by atoms with van der Waals surface area (Å²) in [6.45, 7) is 6.17. The Balaban J connectivity index is 2.96. The number of alkyl halides is 2. The molecule has 0 aromatic heterocycles. The number of esters is 1. The molecular weight excluding hydrogens is 247 g/mol. The Bertz CT molecular complexity index is 295. The van der Waals surface area contributed by atoms with Crippen LogP contribution in [0.4, 0.5) is 0 Å². The zero-order valence-corrected chi connectivity index (χ0v) is 11.4. The van der Waals surface area contributed by atoms with Crippen LogP contribution in [0.5, 0.6) is 0 Å². The summed E-state index contributed by atoms with van der Waals surface area (Å²) in [6, 6.07) is 0. The minimum absolute atomic E-state index is 0.380. The van der Waals surface area contributed by atoms with Crippen LogP contribution in [0.3, 0.4) is 0 Å². The first-order valence-corrected chi connectivity index (χ1v) is 6.25. The van der Waals surface area contributed by atoms with Crippen LogP contribution in [0, 0.1) is 11.3 Å². The Morgan fingerprint density at radius 2 is 2.06 bits per heavy atom. The highest BCUT2D eigenvalue weighted by atomic mass is 35.5. The standard InChI is InChI=1S/C12H18Cl2O2/c1-9-5-4-7-11(2,3)12(13,14)10(15)16-8-6-9/h4,7,9H,5-6,8H2,1-3H3/b7-4+. The van der Waals surface area contributed by atoms with Gasteiger partial charge in [-0.2, -0.15) is 0 Å². The SMILES string of the molecule is CC1C/C=C/C(C)(C)C(Cl)(Cl)C(=O)OCC1. The van der Waals surface area contributed by atoms with E-state index in [1.54, 1.807) is 0 Å². The lowest BCUT2D eigenvalue weighted by Crippen LogP contribution is -2.42. The molecule has 0 saturated carbocycles. The molecule has 0 aliphatic carbocycles. The van der Waals surface area contributed by atoms with Gasteiger partial charge in [0.1, 0.15) is 0 Å². The van der Waals surface area contributed by atoms with Crippen LogP contribution in [0.1, 0.15) is 33.6 Å². The second-order valence-corrected chi connectivity index (χ2v) is 6.29. The van der Waals surface area contributed by atoms with Crippen molar-refractivity contribution in [3.05, 3.63) is 12.2 Å². The van der Waals surface area contributed by atoms with Crippen molar-refractivity contribution >= 4 is 29.2 Å². The molecule has 1 unspecified atom stereocenters. The van der Waals surface area contributed by atoms with E-state index in [4.69, 9.17) is 27.9 Å². The average molecular weight is 265 g/mol. The molecule has 0 aromatic rings. The fourth-order valence-electron chi connectivity index (χ4n) is 1.52. The van der Waals surface area contributed by atoms with Crippen LogP contribution >= 0.6 is 23.2 Å². The molecule has 0 spiro atoms. The molecule has 0 aromatic carbocycles. The van der Waals surface area contributed by atoms with Crippen molar-refractivity contribution in [2.75, 3.05) is 6.61 Å². The molecule has 1 heterocycles. The first-order chi connectivity index (χ1) is 7.27. The van der Waals surface area contributed by atoms with Gasteiger partial charge >= 0.3 is 5.97 Å². The van der Waals surface area contributed by atoms with Crippen molar-refractivity contribution in [1.29, 1.82) is 0 Å². The summed E-state index contributed by atoms with van der Waals surface area (Å²) >= 11 is 12.2. The Kier molecular flexibility index (Phi) is 4.30. The molecule has 0 radical (unpaired) electrons. The van der Waals surface area contributed by atoms with Gasteiger partial charge in [0.15, 0.2) is 0 Å². The fourth-order valence-corrected chi connectivity index (χ4v) is 1.76. The number of carbonyl (C=O) groups excluding carboxylic acids is 1. The second kappa shape index (κ2) is 4.97. The molecule has 0 N–H and O–H groups in total. The van der Waals surface area contributed by atoms with Gasteiger partial charge in [-0.1, -0.05) is 56.1 Å².